The van der Waals surface area contributed by atoms with Gasteiger partial charge in [0.05, 0.1) is 11.8 Å². The summed E-state index contributed by atoms with van der Waals surface area (Å²) in [5.74, 6) is 0.268. The number of nitrogens with one attached hydrogen (secondary N) is 1. The van der Waals surface area contributed by atoms with Crippen LogP contribution in [0.15, 0.2) is 5.16 Å². The van der Waals surface area contributed by atoms with Gasteiger partial charge in [-0.05, 0) is 13.3 Å². The van der Waals surface area contributed by atoms with Crippen molar-refractivity contribution in [2.75, 3.05) is 27.2 Å². The molecule has 0 aliphatic heterocycles. The Morgan fingerprint density at radius 3 is 2.56 bits per heavy atom. The lowest BCUT2D eigenvalue weighted by Gasteiger charge is -2.13. The molecule has 0 saturated carbocycles. The number of hydrogen-bond donors (Lipinski definition) is 1. The molecule has 11 heteroatoms. The van der Waals surface area contributed by atoms with Crippen molar-refractivity contribution in [3.63, 3.8) is 0 Å². The second-order valence-electron chi connectivity index (χ2n) is 5.76. The molecule has 1 aromatic rings. The highest BCUT2D eigenvalue weighted by molar-refractivity contribution is 8.00. The molecule has 2 atom stereocenters. The molecule has 0 radical (unpaired) electrons. The molecule has 1 aromatic heterocycles. The molecule has 0 saturated heterocycles. The van der Waals surface area contributed by atoms with Crippen molar-refractivity contribution < 1.29 is 14.5 Å². The van der Waals surface area contributed by atoms with E-state index in [9.17, 15) is 19.7 Å². The third-order valence-corrected chi connectivity index (χ3v) is 4.50. The van der Waals surface area contributed by atoms with E-state index in [4.69, 9.17) is 0 Å². The van der Waals surface area contributed by atoms with Crippen molar-refractivity contribution in [2.24, 2.45) is 0 Å². The van der Waals surface area contributed by atoms with E-state index >= 15 is 0 Å². The SMILES string of the molecule is CCC(C)c1nc(SC(C)C(=O)NCC[N+](=O)[O-])n(C(=O)N(C)C)n1. The van der Waals surface area contributed by atoms with Crippen molar-refractivity contribution in [2.45, 2.75) is 43.5 Å². The molecule has 1 rings (SSSR count). The number of nitro groups is 1. The average molecular weight is 372 g/mol. The summed E-state index contributed by atoms with van der Waals surface area (Å²) in [6.07, 6.45) is 0.821. The normalized spacial score (nSPS) is 13.2. The summed E-state index contributed by atoms with van der Waals surface area (Å²) in [7, 11) is 3.21. The molecule has 0 bridgehead atoms. The Kier molecular flexibility index (Phi) is 7.81. The smallest absolute Gasteiger partial charge is 0.346 e. The lowest BCUT2D eigenvalue weighted by Crippen LogP contribution is -2.35. The topological polar surface area (TPSA) is 123 Å². The van der Waals surface area contributed by atoms with E-state index in [1.165, 1.54) is 9.58 Å². The third kappa shape index (κ3) is 6.00. The van der Waals surface area contributed by atoms with Gasteiger partial charge in [-0.2, -0.15) is 4.68 Å². The van der Waals surface area contributed by atoms with Crippen LogP contribution in [0.2, 0.25) is 0 Å². The Hall–Kier alpha value is -2.17. The van der Waals surface area contributed by atoms with Crippen LogP contribution in [0.5, 0.6) is 0 Å². The number of thioether (sulfide) groups is 1. The lowest BCUT2D eigenvalue weighted by atomic mass is 10.1. The maximum Gasteiger partial charge on any atom is 0.346 e. The molecule has 0 spiro atoms. The van der Waals surface area contributed by atoms with E-state index in [1.54, 1.807) is 21.0 Å². The highest BCUT2D eigenvalue weighted by Crippen LogP contribution is 2.25. The monoisotopic (exact) mass is 372 g/mol. The number of carbonyl (C=O) groups excluding carboxylic acids is 2. The summed E-state index contributed by atoms with van der Waals surface area (Å²) < 4.78 is 1.19. The van der Waals surface area contributed by atoms with E-state index in [2.05, 4.69) is 15.4 Å². The fourth-order valence-corrected chi connectivity index (χ4v) is 2.59. The van der Waals surface area contributed by atoms with E-state index in [-0.39, 0.29) is 30.9 Å². The summed E-state index contributed by atoms with van der Waals surface area (Å²) in [6, 6.07) is -0.356. The number of rotatable bonds is 8. The number of amides is 2. The molecule has 0 aliphatic rings. The predicted molar refractivity (Wildman–Crippen MR) is 93.4 cm³/mol. The van der Waals surface area contributed by atoms with Crippen molar-refractivity contribution in [3.8, 4) is 0 Å². The highest BCUT2D eigenvalue weighted by atomic mass is 32.2. The van der Waals surface area contributed by atoms with Gasteiger partial charge >= 0.3 is 6.03 Å². The molecular weight excluding hydrogens is 348 g/mol. The summed E-state index contributed by atoms with van der Waals surface area (Å²) in [4.78, 5) is 39.9. The maximum atomic E-state index is 12.3. The van der Waals surface area contributed by atoms with Crippen molar-refractivity contribution >= 4 is 23.7 Å². The molecule has 25 heavy (non-hydrogen) atoms. The quantitative estimate of drug-likeness (QED) is 0.413. The lowest BCUT2D eigenvalue weighted by molar-refractivity contribution is -0.477. The molecule has 140 valence electrons. The van der Waals surface area contributed by atoms with Gasteiger partial charge < -0.3 is 10.2 Å². The Balaban J connectivity index is 2.91. The van der Waals surface area contributed by atoms with Gasteiger partial charge in [0.15, 0.2) is 11.0 Å². The fourth-order valence-electron chi connectivity index (χ4n) is 1.72. The molecule has 0 fully saturated rings. The number of carbonyl (C=O) groups is 2. The largest absolute Gasteiger partial charge is 0.349 e. The first-order valence-electron chi connectivity index (χ1n) is 7.92. The van der Waals surface area contributed by atoms with Gasteiger partial charge in [-0.25, -0.2) is 9.78 Å². The molecule has 0 aromatic carbocycles. The summed E-state index contributed by atoms with van der Waals surface area (Å²) in [6.45, 7) is 5.22. The summed E-state index contributed by atoms with van der Waals surface area (Å²) >= 11 is 1.09. The van der Waals surface area contributed by atoms with Gasteiger partial charge in [-0.1, -0.05) is 25.6 Å². The second-order valence-corrected chi connectivity index (χ2v) is 7.07. The molecule has 1 heterocycles. The van der Waals surface area contributed by atoms with E-state index < -0.39 is 10.2 Å². The zero-order valence-corrected chi connectivity index (χ0v) is 15.9. The first-order chi connectivity index (χ1) is 11.7. The minimum Gasteiger partial charge on any atom is -0.349 e. The van der Waals surface area contributed by atoms with E-state index in [0.29, 0.717) is 11.0 Å². The summed E-state index contributed by atoms with van der Waals surface area (Å²) in [5.41, 5.74) is 0. The molecule has 2 unspecified atom stereocenters. The Labute approximate surface area is 150 Å². The van der Waals surface area contributed by atoms with Crippen LogP contribution < -0.4 is 5.32 Å². The van der Waals surface area contributed by atoms with Gasteiger partial charge in [0.2, 0.25) is 12.5 Å². The highest BCUT2D eigenvalue weighted by Gasteiger charge is 2.24. The standard InChI is InChI=1S/C14H24N6O4S/c1-6-9(2)11-16-13(20(17-11)14(22)18(4)5)25-10(3)12(21)15-7-8-19(23)24/h9-10H,6-8H2,1-5H3,(H,15,21). The Bertz CT molecular complexity index is 633. The van der Waals surface area contributed by atoms with Crippen LogP contribution in [-0.4, -0.2) is 69.0 Å². The van der Waals surface area contributed by atoms with Crippen LogP contribution in [-0.2, 0) is 4.79 Å². The maximum absolute atomic E-state index is 12.3. The zero-order chi connectivity index (χ0) is 19.1. The second kappa shape index (κ2) is 9.35. The number of nitrogens with zero attached hydrogens (tertiary/aromatic N) is 5. The Morgan fingerprint density at radius 2 is 2.04 bits per heavy atom. The fraction of sp³-hybridized carbons (Fsp3) is 0.714. The molecular formula is C14H24N6O4S. The molecule has 10 nitrogen and oxygen atoms in total. The van der Waals surface area contributed by atoms with E-state index in [1.807, 2.05) is 13.8 Å². The van der Waals surface area contributed by atoms with Crippen molar-refractivity contribution in [3.05, 3.63) is 15.9 Å². The van der Waals surface area contributed by atoms with Crippen LogP contribution in [0.3, 0.4) is 0 Å². The van der Waals surface area contributed by atoms with E-state index in [0.717, 1.165) is 18.2 Å². The minimum absolute atomic E-state index is 0.0435. The van der Waals surface area contributed by atoms with Crippen molar-refractivity contribution in [1.29, 1.82) is 0 Å². The van der Waals surface area contributed by atoms with Crippen LogP contribution >= 0.6 is 11.8 Å². The van der Waals surface area contributed by atoms with Gasteiger partial charge in [0.1, 0.15) is 0 Å². The Morgan fingerprint density at radius 1 is 1.40 bits per heavy atom. The summed E-state index contributed by atoms with van der Waals surface area (Å²) in [5, 5.41) is 16.8. The molecule has 0 aliphatic carbocycles. The minimum atomic E-state index is -0.575. The van der Waals surface area contributed by atoms with Crippen LogP contribution in [0.1, 0.15) is 38.9 Å². The molecule has 2 amide bonds. The van der Waals surface area contributed by atoms with Crippen LogP contribution in [0, 0.1) is 10.1 Å². The van der Waals surface area contributed by atoms with Gasteiger partial charge in [0, 0.05) is 24.9 Å². The number of hydrogen-bond acceptors (Lipinski definition) is 7. The van der Waals surface area contributed by atoms with Gasteiger partial charge in [-0.3, -0.25) is 14.9 Å². The van der Waals surface area contributed by atoms with Crippen molar-refractivity contribution in [1.82, 2.24) is 25.0 Å². The average Bonchev–Trinajstić information content (AvgIpc) is 2.96. The number of aromatic nitrogens is 3. The first kappa shape index (κ1) is 20.9. The third-order valence-electron chi connectivity index (χ3n) is 3.46. The zero-order valence-electron chi connectivity index (χ0n) is 15.1. The van der Waals surface area contributed by atoms with Gasteiger partial charge in [0.25, 0.3) is 0 Å². The van der Waals surface area contributed by atoms with Crippen LogP contribution in [0.25, 0.3) is 0 Å². The first-order valence-corrected chi connectivity index (χ1v) is 8.80. The molecule has 1 N–H and O–H groups in total. The van der Waals surface area contributed by atoms with Gasteiger partial charge in [-0.15, -0.1) is 5.10 Å². The van der Waals surface area contributed by atoms with Crippen LogP contribution in [0.4, 0.5) is 4.79 Å². The predicted octanol–water partition coefficient (Wildman–Crippen LogP) is 1.19.